The number of benzene rings is 1. The van der Waals surface area contributed by atoms with E-state index < -0.39 is 6.10 Å². The fourth-order valence-electron chi connectivity index (χ4n) is 3.47. The Morgan fingerprint density at radius 1 is 1.05 bits per heavy atom. The van der Waals surface area contributed by atoms with Crippen molar-refractivity contribution in [2.75, 3.05) is 19.6 Å². The van der Waals surface area contributed by atoms with Gasteiger partial charge in [0.05, 0.1) is 0 Å². The van der Waals surface area contributed by atoms with Crippen LogP contribution in [0.4, 0.5) is 0 Å². The molecule has 1 amide bonds. The third kappa shape index (κ3) is 3.44. The molecule has 0 aliphatic carbocycles. The van der Waals surface area contributed by atoms with Gasteiger partial charge in [-0.2, -0.15) is 0 Å². The van der Waals surface area contributed by atoms with Crippen LogP contribution in [0, 0.1) is 0 Å². The van der Waals surface area contributed by atoms with E-state index in [0.717, 1.165) is 45.4 Å². The SMILES string of the molecule is O=C1C(O)CCCN1C1CCN(Cc2ccccc2)CC1. The third-order valence-corrected chi connectivity index (χ3v) is 4.69. The summed E-state index contributed by atoms with van der Waals surface area (Å²) in [6.07, 6.45) is 2.83. The molecule has 1 aromatic carbocycles. The first-order chi connectivity index (χ1) is 10.2. The molecule has 2 fully saturated rings. The van der Waals surface area contributed by atoms with Crippen LogP contribution in [0.1, 0.15) is 31.2 Å². The summed E-state index contributed by atoms with van der Waals surface area (Å²) in [6.45, 7) is 3.86. The Bertz CT molecular complexity index is 469. The van der Waals surface area contributed by atoms with Gasteiger partial charge < -0.3 is 10.0 Å². The molecule has 21 heavy (non-hydrogen) atoms. The van der Waals surface area contributed by atoms with Gasteiger partial charge in [0.15, 0.2) is 0 Å². The molecule has 4 nitrogen and oxygen atoms in total. The van der Waals surface area contributed by atoms with Crippen molar-refractivity contribution >= 4 is 5.91 Å². The zero-order valence-corrected chi connectivity index (χ0v) is 12.4. The first-order valence-corrected chi connectivity index (χ1v) is 7.99. The van der Waals surface area contributed by atoms with Crippen LogP contribution < -0.4 is 0 Å². The molecule has 1 aromatic rings. The van der Waals surface area contributed by atoms with E-state index in [1.165, 1.54) is 5.56 Å². The van der Waals surface area contributed by atoms with Gasteiger partial charge in [-0.1, -0.05) is 30.3 Å². The summed E-state index contributed by atoms with van der Waals surface area (Å²) in [7, 11) is 0. The van der Waals surface area contributed by atoms with Crippen LogP contribution >= 0.6 is 0 Å². The van der Waals surface area contributed by atoms with E-state index in [1.54, 1.807) is 0 Å². The van der Waals surface area contributed by atoms with Crippen molar-refractivity contribution in [3.63, 3.8) is 0 Å². The van der Waals surface area contributed by atoms with Crippen molar-refractivity contribution in [2.45, 2.75) is 44.4 Å². The minimum absolute atomic E-state index is 0.0530. The smallest absolute Gasteiger partial charge is 0.251 e. The topological polar surface area (TPSA) is 43.8 Å². The van der Waals surface area contributed by atoms with E-state index in [1.807, 2.05) is 11.0 Å². The number of carbonyl (C=O) groups is 1. The molecule has 1 N–H and O–H groups in total. The lowest BCUT2D eigenvalue weighted by atomic mass is 9.98. The average Bonchev–Trinajstić information content (AvgIpc) is 2.52. The van der Waals surface area contributed by atoms with Gasteiger partial charge in [-0.15, -0.1) is 0 Å². The summed E-state index contributed by atoms with van der Waals surface area (Å²) in [5.74, 6) is -0.0530. The van der Waals surface area contributed by atoms with Gasteiger partial charge in [-0.3, -0.25) is 9.69 Å². The van der Waals surface area contributed by atoms with Crippen LogP contribution in [0.2, 0.25) is 0 Å². The minimum Gasteiger partial charge on any atom is -0.383 e. The van der Waals surface area contributed by atoms with Crippen LogP contribution in [-0.4, -0.2) is 52.6 Å². The lowest BCUT2D eigenvalue weighted by molar-refractivity contribution is -0.147. The van der Waals surface area contributed by atoms with Gasteiger partial charge in [-0.05, 0) is 31.2 Å². The van der Waals surface area contributed by atoms with Crippen LogP contribution in [0.3, 0.4) is 0 Å². The molecule has 1 unspecified atom stereocenters. The van der Waals surface area contributed by atoms with Crippen molar-refractivity contribution < 1.29 is 9.90 Å². The number of hydrogen-bond acceptors (Lipinski definition) is 3. The Morgan fingerprint density at radius 2 is 1.76 bits per heavy atom. The summed E-state index contributed by atoms with van der Waals surface area (Å²) < 4.78 is 0. The van der Waals surface area contributed by atoms with E-state index in [4.69, 9.17) is 0 Å². The molecule has 1 atom stereocenters. The summed E-state index contributed by atoms with van der Waals surface area (Å²) >= 11 is 0. The second-order valence-corrected chi connectivity index (χ2v) is 6.18. The second kappa shape index (κ2) is 6.58. The Balaban J connectivity index is 1.52. The van der Waals surface area contributed by atoms with Crippen LogP contribution in [-0.2, 0) is 11.3 Å². The van der Waals surface area contributed by atoms with Crippen LogP contribution in [0.15, 0.2) is 30.3 Å². The molecule has 0 saturated carbocycles. The second-order valence-electron chi connectivity index (χ2n) is 6.18. The lowest BCUT2D eigenvalue weighted by Gasteiger charge is -2.41. The highest BCUT2D eigenvalue weighted by atomic mass is 16.3. The summed E-state index contributed by atoms with van der Waals surface area (Å²) in [4.78, 5) is 16.4. The van der Waals surface area contributed by atoms with E-state index >= 15 is 0 Å². The maximum atomic E-state index is 12.1. The fourth-order valence-corrected chi connectivity index (χ4v) is 3.47. The van der Waals surface area contributed by atoms with Crippen molar-refractivity contribution in [1.29, 1.82) is 0 Å². The Labute approximate surface area is 126 Å². The van der Waals surface area contributed by atoms with E-state index in [0.29, 0.717) is 12.5 Å². The molecular formula is C17H24N2O2. The normalized spacial score (nSPS) is 25.3. The summed E-state index contributed by atoms with van der Waals surface area (Å²) in [5, 5.41) is 9.72. The number of aliphatic hydroxyl groups excluding tert-OH is 1. The summed E-state index contributed by atoms with van der Waals surface area (Å²) in [6, 6.07) is 10.8. The van der Waals surface area contributed by atoms with E-state index in [9.17, 15) is 9.90 Å². The third-order valence-electron chi connectivity index (χ3n) is 4.69. The predicted molar refractivity (Wildman–Crippen MR) is 81.7 cm³/mol. The number of carbonyl (C=O) groups excluding carboxylic acids is 1. The highest BCUT2D eigenvalue weighted by Gasteiger charge is 2.33. The molecule has 0 spiro atoms. The number of likely N-dealkylation sites (tertiary alicyclic amines) is 2. The minimum atomic E-state index is -0.763. The predicted octanol–water partition coefficient (Wildman–Crippen LogP) is 1.63. The highest BCUT2D eigenvalue weighted by Crippen LogP contribution is 2.22. The Hall–Kier alpha value is -1.39. The van der Waals surface area contributed by atoms with Gasteiger partial charge in [0.1, 0.15) is 6.10 Å². The monoisotopic (exact) mass is 288 g/mol. The van der Waals surface area contributed by atoms with Crippen LogP contribution in [0.5, 0.6) is 0 Å². The first kappa shape index (κ1) is 14.5. The zero-order chi connectivity index (χ0) is 14.7. The van der Waals surface area contributed by atoms with Crippen molar-refractivity contribution in [1.82, 2.24) is 9.80 Å². The standard InChI is InChI=1S/C17H24N2O2/c20-16-7-4-10-19(17(16)21)15-8-11-18(12-9-15)13-14-5-2-1-3-6-14/h1-3,5-6,15-16,20H,4,7-13H2. The molecule has 0 aromatic heterocycles. The maximum Gasteiger partial charge on any atom is 0.251 e. The van der Waals surface area contributed by atoms with E-state index in [2.05, 4.69) is 29.2 Å². The molecule has 2 saturated heterocycles. The molecule has 4 heteroatoms. The maximum absolute atomic E-state index is 12.1. The van der Waals surface area contributed by atoms with Crippen LogP contribution in [0.25, 0.3) is 0 Å². The number of hydrogen-bond donors (Lipinski definition) is 1. The number of amides is 1. The van der Waals surface area contributed by atoms with Gasteiger partial charge in [0.2, 0.25) is 0 Å². The van der Waals surface area contributed by atoms with Gasteiger partial charge in [0, 0.05) is 32.2 Å². The molecule has 114 valence electrons. The van der Waals surface area contributed by atoms with E-state index in [-0.39, 0.29) is 5.91 Å². The van der Waals surface area contributed by atoms with Crippen molar-refractivity contribution in [3.05, 3.63) is 35.9 Å². The van der Waals surface area contributed by atoms with Gasteiger partial charge in [-0.25, -0.2) is 0 Å². The number of nitrogens with zero attached hydrogens (tertiary/aromatic N) is 2. The molecule has 2 heterocycles. The largest absolute Gasteiger partial charge is 0.383 e. The van der Waals surface area contributed by atoms with Crippen molar-refractivity contribution in [2.24, 2.45) is 0 Å². The first-order valence-electron chi connectivity index (χ1n) is 7.99. The average molecular weight is 288 g/mol. The fraction of sp³-hybridized carbons (Fsp3) is 0.588. The number of rotatable bonds is 3. The quantitative estimate of drug-likeness (QED) is 0.919. The molecule has 0 bridgehead atoms. The Kier molecular flexibility index (Phi) is 4.56. The lowest BCUT2D eigenvalue weighted by Crippen LogP contribution is -2.52. The molecule has 3 rings (SSSR count). The number of aliphatic hydroxyl groups is 1. The molecule has 0 radical (unpaired) electrons. The molecule has 2 aliphatic rings. The Morgan fingerprint density at radius 3 is 2.48 bits per heavy atom. The van der Waals surface area contributed by atoms with Crippen molar-refractivity contribution in [3.8, 4) is 0 Å². The molecule has 2 aliphatic heterocycles. The van der Waals surface area contributed by atoms with Gasteiger partial charge in [0.25, 0.3) is 5.91 Å². The van der Waals surface area contributed by atoms with Gasteiger partial charge >= 0.3 is 0 Å². The summed E-state index contributed by atoms with van der Waals surface area (Å²) in [5.41, 5.74) is 1.35. The zero-order valence-electron chi connectivity index (χ0n) is 12.4. The highest BCUT2D eigenvalue weighted by molar-refractivity contribution is 5.81. The molecular weight excluding hydrogens is 264 g/mol. The number of piperidine rings is 2.